The summed E-state index contributed by atoms with van der Waals surface area (Å²) in [6.45, 7) is 5.82. The van der Waals surface area contributed by atoms with Gasteiger partial charge in [-0.2, -0.15) is 0 Å². The number of hydrogen-bond acceptors (Lipinski definition) is 3. The third-order valence-electron chi connectivity index (χ3n) is 8.25. The molecule has 1 aliphatic rings. The zero-order valence-corrected chi connectivity index (χ0v) is 27.8. The summed E-state index contributed by atoms with van der Waals surface area (Å²) in [6, 6.07) is 0. The second kappa shape index (κ2) is 28.2. The average Bonchev–Trinajstić information content (AvgIpc) is 3.38. The van der Waals surface area contributed by atoms with Gasteiger partial charge in [0.05, 0.1) is 12.7 Å². The Hall–Kier alpha value is -1.59. The molecule has 1 fully saturated rings. The van der Waals surface area contributed by atoms with E-state index >= 15 is 0 Å². The Morgan fingerprint density at radius 2 is 1.19 bits per heavy atom. The molecule has 1 rings (SSSR count). The van der Waals surface area contributed by atoms with E-state index in [1.165, 1.54) is 128 Å². The van der Waals surface area contributed by atoms with Gasteiger partial charge in [-0.3, -0.25) is 5.41 Å². The summed E-state index contributed by atoms with van der Waals surface area (Å²) in [6.07, 6.45) is 43.6. The van der Waals surface area contributed by atoms with E-state index in [0.29, 0.717) is 13.2 Å². The molecule has 0 amide bonds. The molecule has 0 aromatic carbocycles. The zero-order valence-electron chi connectivity index (χ0n) is 27.8. The van der Waals surface area contributed by atoms with Crippen LogP contribution < -0.4 is 11.1 Å². The summed E-state index contributed by atoms with van der Waals surface area (Å²) in [5.41, 5.74) is 5.45. The Morgan fingerprint density at radius 3 is 1.74 bits per heavy atom. The van der Waals surface area contributed by atoms with E-state index < -0.39 is 5.79 Å². The molecule has 4 N–H and O–H groups in total. The molecule has 1 saturated heterocycles. The van der Waals surface area contributed by atoms with Gasteiger partial charge < -0.3 is 20.5 Å². The SMILES string of the molecule is CCC/C=C\CCCCCCCCC1(CCCCCCCC/C=C\C/C=C\CCCCC)OCC(CCNC(=N)N)O1. The predicted molar refractivity (Wildman–Crippen MR) is 183 cm³/mol. The van der Waals surface area contributed by atoms with Crippen LogP contribution in [-0.2, 0) is 9.47 Å². The molecular weight excluding hydrogens is 518 g/mol. The van der Waals surface area contributed by atoms with Crippen molar-refractivity contribution in [1.82, 2.24) is 5.32 Å². The second-order valence-electron chi connectivity index (χ2n) is 12.3. The molecule has 42 heavy (non-hydrogen) atoms. The topological polar surface area (TPSA) is 80.4 Å². The minimum Gasteiger partial charge on any atom is -0.370 e. The Morgan fingerprint density at radius 1 is 0.690 bits per heavy atom. The van der Waals surface area contributed by atoms with Gasteiger partial charge in [0.2, 0.25) is 0 Å². The van der Waals surface area contributed by atoms with Crippen molar-refractivity contribution in [1.29, 1.82) is 5.41 Å². The van der Waals surface area contributed by atoms with E-state index in [1.54, 1.807) is 0 Å². The molecule has 244 valence electrons. The number of guanidine groups is 1. The lowest BCUT2D eigenvalue weighted by Gasteiger charge is -2.28. The maximum absolute atomic E-state index is 7.38. The maximum Gasteiger partial charge on any atom is 0.185 e. The summed E-state index contributed by atoms with van der Waals surface area (Å²) >= 11 is 0. The van der Waals surface area contributed by atoms with Crippen molar-refractivity contribution in [3.05, 3.63) is 36.5 Å². The third-order valence-corrected chi connectivity index (χ3v) is 8.25. The molecule has 0 spiro atoms. The first-order valence-electron chi connectivity index (χ1n) is 18.0. The highest BCUT2D eigenvalue weighted by atomic mass is 16.7. The number of rotatable bonds is 29. The van der Waals surface area contributed by atoms with E-state index in [0.717, 1.165) is 25.7 Å². The van der Waals surface area contributed by atoms with Gasteiger partial charge in [0.1, 0.15) is 0 Å². The average molecular weight is 588 g/mol. The van der Waals surface area contributed by atoms with E-state index in [-0.39, 0.29) is 12.1 Å². The second-order valence-corrected chi connectivity index (χ2v) is 12.3. The summed E-state index contributed by atoms with van der Waals surface area (Å²) < 4.78 is 12.9. The van der Waals surface area contributed by atoms with Gasteiger partial charge in [-0.15, -0.1) is 0 Å². The van der Waals surface area contributed by atoms with Crippen molar-refractivity contribution < 1.29 is 9.47 Å². The molecule has 1 aliphatic heterocycles. The van der Waals surface area contributed by atoms with Crippen LogP contribution in [0.3, 0.4) is 0 Å². The molecule has 2 unspecified atom stereocenters. The van der Waals surface area contributed by atoms with Gasteiger partial charge >= 0.3 is 0 Å². The van der Waals surface area contributed by atoms with Gasteiger partial charge in [0, 0.05) is 19.4 Å². The highest BCUT2D eigenvalue weighted by Crippen LogP contribution is 2.35. The Balaban J connectivity index is 2.21. The number of allylic oxidation sites excluding steroid dienone is 6. The minimum absolute atomic E-state index is 0.0264. The summed E-state index contributed by atoms with van der Waals surface area (Å²) in [5, 5.41) is 10.3. The van der Waals surface area contributed by atoms with Crippen LogP contribution in [0.15, 0.2) is 36.5 Å². The molecule has 1 heterocycles. The normalized spacial score (nSPS) is 19.1. The largest absolute Gasteiger partial charge is 0.370 e. The van der Waals surface area contributed by atoms with Crippen molar-refractivity contribution in [2.45, 2.75) is 180 Å². The van der Waals surface area contributed by atoms with E-state index in [2.05, 4.69) is 55.6 Å². The lowest BCUT2D eigenvalue weighted by molar-refractivity contribution is -0.179. The first kappa shape index (κ1) is 38.4. The number of hydrogen-bond donors (Lipinski definition) is 3. The van der Waals surface area contributed by atoms with Gasteiger partial charge in [-0.1, -0.05) is 121 Å². The fraction of sp³-hybridized carbons (Fsp3) is 0.811. The van der Waals surface area contributed by atoms with Crippen LogP contribution in [-0.4, -0.2) is 31.0 Å². The number of ether oxygens (including phenoxy) is 2. The van der Waals surface area contributed by atoms with Crippen molar-refractivity contribution in [2.75, 3.05) is 13.2 Å². The van der Waals surface area contributed by atoms with Gasteiger partial charge in [-0.25, -0.2) is 0 Å². The highest BCUT2D eigenvalue weighted by molar-refractivity contribution is 5.74. The molecule has 0 aromatic rings. The van der Waals surface area contributed by atoms with Crippen LogP contribution >= 0.6 is 0 Å². The zero-order chi connectivity index (χ0) is 30.4. The van der Waals surface area contributed by atoms with Gasteiger partial charge in [0.15, 0.2) is 11.7 Å². The van der Waals surface area contributed by atoms with Gasteiger partial charge in [-0.05, 0) is 70.6 Å². The molecule has 2 atom stereocenters. The van der Waals surface area contributed by atoms with Crippen molar-refractivity contribution in [2.24, 2.45) is 5.73 Å². The fourth-order valence-electron chi connectivity index (χ4n) is 5.66. The monoisotopic (exact) mass is 588 g/mol. The van der Waals surface area contributed by atoms with Gasteiger partial charge in [0.25, 0.3) is 0 Å². The quantitative estimate of drug-likeness (QED) is 0.0352. The Kier molecular flexibility index (Phi) is 25.8. The van der Waals surface area contributed by atoms with Crippen LogP contribution in [0.1, 0.15) is 168 Å². The molecular formula is C37H69N3O2. The van der Waals surface area contributed by atoms with Crippen LogP contribution in [0.2, 0.25) is 0 Å². The van der Waals surface area contributed by atoms with Crippen LogP contribution in [0.25, 0.3) is 0 Å². The number of nitrogens with one attached hydrogen (secondary N) is 2. The fourth-order valence-corrected chi connectivity index (χ4v) is 5.66. The van der Waals surface area contributed by atoms with Crippen LogP contribution in [0.5, 0.6) is 0 Å². The van der Waals surface area contributed by atoms with Crippen LogP contribution in [0.4, 0.5) is 0 Å². The molecule has 0 bridgehead atoms. The van der Waals surface area contributed by atoms with Crippen molar-refractivity contribution >= 4 is 5.96 Å². The minimum atomic E-state index is -0.403. The summed E-state index contributed by atoms with van der Waals surface area (Å²) in [5.74, 6) is -0.376. The van der Waals surface area contributed by atoms with E-state index in [1.807, 2.05) is 0 Å². The lowest BCUT2D eigenvalue weighted by Crippen LogP contribution is -2.34. The smallest absolute Gasteiger partial charge is 0.185 e. The van der Waals surface area contributed by atoms with E-state index in [4.69, 9.17) is 20.6 Å². The lowest BCUT2D eigenvalue weighted by atomic mass is 9.98. The number of nitrogens with two attached hydrogens (primary N) is 1. The van der Waals surface area contributed by atoms with E-state index in [9.17, 15) is 0 Å². The predicted octanol–water partition coefficient (Wildman–Crippen LogP) is 10.7. The Labute approximate surface area is 261 Å². The summed E-state index contributed by atoms with van der Waals surface area (Å²) in [7, 11) is 0. The molecule has 5 heteroatoms. The first-order valence-corrected chi connectivity index (χ1v) is 18.0. The van der Waals surface area contributed by atoms with Crippen LogP contribution in [0, 0.1) is 5.41 Å². The molecule has 0 saturated carbocycles. The highest BCUT2D eigenvalue weighted by Gasteiger charge is 2.40. The molecule has 0 radical (unpaired) electrons. The van der Waals surface area contributed by atoms with Crippen molar-refractivity contribution in [3.63, 3.8) is 0 Å². The molecule has 0 aromatic heterocycles. The standard InChI is InChI=1S/C37H69N3O2/c1-3-5-7-9-11-13-15-16-17-18-19-21-23-25-27-29-32-37(41-34-35(42-37)30-33-40-36(38)39)31-28-26-24-22-20-14-12-10-8-6-4-2/h8,10-11,13,16-17,35H,3-7,9,12,14-15,18-34H2,1-2H3,(H4,38,39,40)/b10-8-,13-11-,17-16-. The van der Waals surface area contributed by atoms with Crippen molar-refractivity contribution in [3.8, 4) is 0 Å². The molecule has 5 nitrogen and oxygen atoms in total. The number of unbranched alkanes of at least 4 members (excludes halogenated alkanes) is 16. The Bertz CT molecular complexity index is 705. The third kappa shape index (κ3) is 22.9. The summed E-state index contributed by atoms with van der Waals surface area (Å²) in [4.78, 5) is 0. The first-order chi connectivity index (χ1) is 20.6. The maximum atomic E-state index is 7.38. The molecule has 0 aliphatic carbocycles.